The Morgan fingerprint density at radius 1 is 1.07 bits per heavy atom. The molecule has 2 aromatic carbocycles. The molecule has 6 rings (SSSR count). The molecule has 1 fully saturated rings. The smallest absolute Gasteiger partial charge is 0.269 e. The minimum atomic E-state index is -1.40. The van der Waals surface area contributed by atoms with Crippen molar-refractivity contribution >= 4 is 56.4 Å². The molecule has 0 aliphatic carbocycles. The van der Waals surface area contributed by atoms with Gasteiger partial charge >= 0.3 is 0 Å². The summed E-state index contributed by atoms with van der Waals surface area (Å²) < 4.78 is 27.9. The number of nitrogens with one attached hydrogen (secondary N) is 1. The number of anilines is 1. The summed E-state index contributed by atoms with van der Waals surface area (Å²) in [5.74, 6) is -1.87. The minimum absolute atomic E-state index is 0.0228. The molecule has 1 saturated heterocycles. The van der Waals surface area contributed by atoms with Crippen LogP contribution in [-0.2, 0) is 27.3 Å². The molecule has 43 heavy (non-hydrogen) atoms. The summed E-state index contributed by atoms with van der Waals surface area (Å²) in [5.41, 5.74) is 8.52. The van der Waals surface area contributed by atoms with E-state index in [1.54, 1.807) is 67.2 Å². The lowest BCUT2D eigenvalue weighted by molar-refractivity contribution is -0.137. The van der Waals surface area contributed by atoms with Crippen molar-refractivity contribution in [2.24, 2.45) is 5.73 Å². The average molecular weight is 601 g/mol. The van der Waals surface area contributed by atoms with Crippen LogP contribution in [0.5, 0.6) is 0 Å². The molecule has 0 radical (unpaired) electrons. The standard InChI is InChI=1S/C29H25FN8O4S/c1-43(42)19-3-4-20-22(7-8-32-23(20)12-19)35-29(41)25-11-18(30)14-37(25)26(39)15-38-24-5-2-16(17-6-9-33-34-13-17)10-21(24)27(36-38)28(31)40/h2-10,12-13,18,25H,11,14-15H2,1H3,(H2,31,40)(H,32,35,41). The lowest BCUT2D eigenvalue weighted by Gasteiger charge is -2.24. The van der Waals surface area contributed by atoms with Crippen LogP contribution in [0.1, 0.15) is 16.9 Å². The van der Waals surface area contributed by atoms with E-state index in [1.165, 1.54) is 15.8 Å². The van der Waals surface area contributed by atoms with Crippen LogP contribution in [0.2, 0.25) is 0 Å². The van der Waals surface area contributed by atoms with Gasteiger partial charge in [-0.1, -0.05) is 6.07 Å². The Labute approximate surface area is 247 Å². The number of primary amides is 1. The van der Waals surface area contributed by atoms with Gasteiger partial charge in [-0.15, -0.1) is 0 Å². The lowest BCUT2D eigenvalue weighted by Crippen LogP contribution is -2.44. The number of carbonyl (C=O) groups excluding carboxylic acids is 3. The van der Waals surface area contributed by atoms with E-state index in [2.05, 4.69) is 25.6 Å². The van der Waals surface area contributed by atoms with E-state index in [0.717, 1.165) is 11.1 Å². The fourth-order valence-corrected chi connectivity index (χ4v) is 5.82. The zero-order valence-corrected chi connectivity index (χ0v) is 23.6. The number of likely N-dealkylation sites (tertiary alicyclic amines) is 1. The van der Waals surface area contributed by atoms with Crippen molar-refractivity contribution in [3.8, 4) is 11.1 Å². The lowest BCUT2D eigenvalue weighted by atomic mass is 10.0. The van der Waals surface area contributed by atoms with E-state index in [-0.39, 0.29) is 25.2 Å². The van der Waals surface area contributed by atoms with E-state index < -0.39 is 41.1 Å². The normalized spacial score (nSPS) is 17.3. The van der Waals surface area contributed by atoms with Crippen molar-refractivity contribution in [3.05, 3.63) is 72.8 Å². The van der Waals surface area contributed by atoms with Gasteiger partial charge in [-0.2, -0.15) is 15.3 Å². The number of alkyl halides is 1. The number of rotatable bonds is 7. The van der Waals surface area contributed by atoms with Crippen molar-refractivity contribution in [1.82, 2.24) is 29.9 Å². The summed E-state index contributed by atoms with van der Waals surface area (Å²) in [7, 11) is 0. The SMILES string of the molecule is C[S+]([O-])c1ccc2c(NC(=O)C3CC(F)CN3C(=O)Cn3nc(C(N)=O)c4cc(-c5ccnnc5)ccc43)ccnc2c1. The van der Waals surface area contributed by atoms with Crippen molar-refractivity contribution in [2.75, 3.05) is 18.1 Å². The Morgan fingerprint density at radius 2 is 1.91 bits per heavy atom. The Hall–Kier alpha value is -4.95. The topological polar surface area (TPSA) is 172 Å². The molecule has 1 aliphatic heterocycles. The fourth-order valence-electron chi connectivity index (χ4n) is 5.28. The second-order valence-electron chi connectivity index (χ2n) is 10.1. The molecule has 0 bridgehead atoms. The Balaban J connectivity index is 1.25. The van der Waals surface area contributed by atoms with E-state index >= 15 is 0 Å². The maximum atomic E-state index is 14.7. The number of hydrogen-bond acceptors (Lipinski definition) is 8. The predicted molar refractivity (Wildman–Crippen MR) is 157 cm³/mol. The molecule has 1 aliphatic rings. The second kappa shape index (κ2) is 11.4. The molecule has 3 aromatic heterocycles. The number of nitrogens with zero attached hydrogens (tertiary/aromatic N) is 6. The summed E-state index contributed by atoms with van der Waals surface area (Å²) in [6.45, 7) is -0.605. The van der Waals surface area contributed by atoms with Crippen LogP contribution in [0.3, 0.4) is 0 Å². The second-order valence-corrected chi connectivity index (χ2v) is 11.5. The first-order chi connectivity index (χ1) is 20.7. The average Bonchev–Trinajstić information content (AvgIpc) is 3.58. The summed E-state index contributed by atoms with van der Waals surface area (Å²) >= 11 is -1.21. The first-order valence-corrected chi connectivity index (χ1v) is 14.8. The van der Waals surface area contributed by atoms with Crippen molar-refractivity contribution in [3.63, 3.8) is 0 Å². The van der Waals surface area contributed by atoms with Gasteiger partial charge in [0.05, 0.1) is 35.7 Å². The number of halogens is 1. The van der Waals surface area contributed by atoms with Gasteiger partial charge in [0.2, 0.25) is 11.8 Å². The highest BCUT2D eigenvalue weighted by Gasteiger charge is 2.40. The Morgan fingerprint density at radius 3 is 2.65 bits per heavy atom. The van der Waals surface area contributed by atoms with Gasteiger partial charge in [-0.05, 0) is 53.1 Å². The summed E-state index contributed by atoms with van der Waals surface area (Å²) in [5, 5.41) is 15.8. The van der Waals surface area contributed by atoms with Crippen molar-refractivity contribution in [1.29, 1.82) is 0 Å². The largest absolute Gasteiger partial charge is 0.612 e. The van der Waals surface area contributed by atoms with Gasteiger partial charge in [-0.25, -0.2) is 4.39 Å². The molecule has 3 amide bonds. The summed E-state index contributed by atoms with van der Waals surface area (Å²) in [6, 6.07) is 12.6. The third-order valence-electron chi connectivity index (χ3n) is 7.36. The van der Waals surface area contributed by atoms with Gasteiger partial charge in [0.25, 0.3) is 5.91 Å². The van der Waals surface area contributed by atoms with Crippen LogP contribution in [0.15, 0.2) is 72.0 Å². The molecule has 3 atom stereocenters. The molecule has 14 heteroatoms. The maximum Gasteiger partial charge on any atom is 0.269 e. The molecule has 0 spiro atoms. The van der Waals surface area contributed by atoms with Crippen LogP contribution in [0.25, 0.3) is 32.9 Å². The highest BCUT2D eigenvalue weighted by Crippen LogP contribution is 2.29. The Bertz CT molecular complexity index is 1880. The number of amides is 3. The third-order valence-corrected chi connectivity index (χ3v) is 8.28. The molecule has 12 nitrogen and oxygen atoms in total. The maximum absolute atomic E-state index is 14.7. The van der Waals surface area contributed by atoms with Crippen LogP contribution in [0.4, 0.5) is 10.1 Å². The zero-order valence-electron chi connectivity index (χ0n) is 22.8. The van der Waals surface area contributed by atoms with Crippen LogP contribution >= 0.6 is 0 Å². The summed E-state index contributed by atoms with van der Waals surface area (Å²) in [4.78, 5) is 45.2. The molecular formula is C29H25FN8O4S. The van der Waals surface area contributed by atoms with Gasteiger partial charge in [0, 0.05) is 35.0 Å². The number of fused-ring (bicyclic) bond motifs is 2. The van der Waals surface area contributed by atoms with Crippen LogP contribution in [-0.4, -0.2) is 77.2 Å². The van der Waals surface area contributed by atoms with Gasteiger partial charge in [0.1, 0.15) is 25.0 Å². The number of aromatic nitrogens is 5. The number of nitrogens with two attached hydrogens (primary N) is 1. The highest BCUT2D eigenvalue weighted by molar-refractivity contribution is 7.90. The van der Waals surface area contributed by atoms with Gasteiger partial charge in [0.15, 0.2) is 10.6 Å². The van der Waals surface area contributed by atoms with Crippen LogP contribution < -0.4 is 11.1 Å². The van der Waals surface area contributed by atoms with E-state index in [4.69, 9.17) is 5.73 Å². The molecule has 0 saturated carbocycles. The van der Waals surface area contributed by atoms with E-state index in [1.807, 2.05) is 0 Å². The van der Waals surface area contributed by atoms with Gasteiger partial charge < -0.3 is 20.5 Å². The highest BCUT2D eigenvalue weighted by atomic mass is 32.2. The third kappa shape index (κ3) is 5.49. The van der Waals surface area contributed by atoms with E-state index in [0.29, 0.717) is 32.4 Å². The first-order valence-electron chi connectivity index (χ1n) is 13.2. The fraction of sp³-hybridized carbons (Fsp3) is 0.207. The minimum Gasteiger partial charge on any atom is -0.612 e. The molecule has 218 valence electrons. The number of carbonyl (C=O) groups is 3. The number of pyridine rings is 1. The first kappa shape index (κ1) is 28.2. The van der Waals surface area contributed by atoms with Gasteiger partial charge in [-0.3, -0.25) is 24.0 Å². The molecule has 3 unspecified atom stereocenters. The molecule has 3 N–H and O–H groups in total. The number of hydrogen-bond donors (Lipinski definition) is 2. The monoisotopic (exact) mass is 600 g/mol. The predicted octanol–water partition coefficient (Wildman–Crippen LogP) is 2.46. The summed E-state index contributed by atoms with van der Waals surface area (Å²) in [6.07, 6.45) is 4.61. The molecular weight excluding hydrogens is 575 g/mol. The molecule has 4 heterocycles. The quantitative estimate of drug-likeness (QED) is 0.268. The van der Waals surface area contributed by atoms with Crippen molar-refractivity contribution < 1.29 is 23.3 Å². The van der Waals surface area contributed by atoms with E-state index in [9.17, 15) is 23.3 Å². The van der Waals surface area contributed by atoms with Crippen LogP contribution in [0, 0.1) is 0 Å². The van der Waals surface area contributed by atoms with Crippen molar-refractivity contribution in [2.45, 2.75) is 30.1 Å². The molecule has 5 aromatic rings. The Kier molecular flexibility index (Phi) is 7.46. The zero-order chi connectivity index (χ0) is 30.2. The number of benzene rings is 2.